The first kappa shape index (κ1) is 58.0. The second kappa shape index (κ2) is 24.5. The van der Waals surface area contributed by atoms with Crippen molar-refractivity contribution >= 4 is 65.9 Å². The first-order chi connectivity index (χ1) is 37.7. The first-order valence-corrected chi connectivity index (χ1v) is 27.5. The van der Waals surface area contributed by atoms with Crippen molar-refractivity contribution in [2.24, 2.45) is 0 Å². The fourth-order valence-electron chi connectivity index (χ4n) is 10.9. The Morgan fingerprint density at radius 2 is 0.709 bits per heavy atom. The summed E-state index contributed by atoms with van der Waals surface area (Å²) in [7, 11) is 2.00. The molecule has 0 aliphatic heterocycles. The van der Waals surface area contributed by atoms with E-state index in [1.807, 2.05) is 36.4 Å². The molecule has 409 valence electrons. The molecule has 12 rings (SSSR count). The van der Waals surface area contributed by atoms with E-state index in [1.165, 1.54) is 44.8 Å². The Kier molecular flexibility index (Phi) is 18.0. The van der Waals surface area contributed by atoms with Crippen LogP contribution in [0.1, 0.15) is 152 Å². The summed E-state index contributed by atoms with van der Waals surface area (Å²) in [5, 5.41) is 18.4. The number of aromatic nitrogens is 4. The summed E-state index contributed by atoms with van der Waals surface area (Å²) in [6, 6.07) is 58.1. The zero-order valence-electron chi connectivity index (χ0n) is 48.2. The SMILES string of the molecule is CC(C)c1cc(C(C)C)c(-n2c(-c3[c-]ccc4c3oc3ccccc34)nc3ccccc32)c(C(C)C)c1.CC(C)c1cc(C(C)C)c(-n2c(-c3[c-]ccc4c3oc3ccccc34)nc3ccccc32)c(C(C)C)c1.CO.CO.[Ir]. The van der Waals surface area contributed by atoms with Crippen molar-refractivity contribution in [1.82, 2.24) is 19.1 Å². The number of hydrogen-bond donors (Lipinski definition) is 2. The number of aliphatic hydroxyl groups excluding tert-OH is 2. The number of benzene rings is 8. The second-order valence-corrected chi connectivity index (χ2v) is 21.9. The molecule has 0 aliphatic rings. The monoisotopic (exact) mass is 1230 g/mol. The molecule has 79 heavy (non-hydrogen) atoms. The maximum Gasteiger partial charge on any atom is 0.120 e. The van der Waals surface area contributed by atoms with Crippen LogP contribution in [0, 0.1) is 12.1 Å². The van der Waals surface area contributed by atoms with Gasteiger partial charge in [0.25, 0.3) is 0 Å². The minimum absolute atomic E-state index is 0. The third-order valence-corrected chi connectivity index (χ3v) is 14.9. The molecular formula is C70H74IrN4O4-2. The zero-order valence-corrected chi connectivity index (χ0v) is 50.5. The van der Waals surface area contributed by atoms with Crippen LogP contribution in [0.3, 0.4) is 0 Å². The van der Waals surface area contributed by atoms with Crippen molar-refractivity contribution in [3.05, 3.63) is 191 Å². The van der Waals surface area contributed by atoms with Gasteiger partial charge in [0.2, 0.25) is 0 Å². The van der Waals surface area contributed by atoms with Crippen molar-refractivity contribution in [3.63, 3.8) is 0 Å². The molecule has 0 aliphatic carbocycles. The Morgan fingerprint density at radius 1 is 0.392 bits per heavy atom. The number of imidazole rings is 2. The number of aliphatic hydroxyl groups is 2. The van der Waals surface area contributed by atoms with E-state index in [1.54, 1.807) is 0 Å². The maximum atomic E-state index is 7.00. The predicted octanol–water partition coefficient (Wildman–Crippen LogP) is 18.7. The van der Waals surface area contributed by atoms with Crippen LogP contribution < -0.4 is 0 Å². The molecule has 0 unspecified atom stereocenters. The molecule has 2 N–H and O–H groups in total. The third-order valence-electron chi connectivity index (χ3n) is 14.9. The van der Waals surface area contributed by atoms with E-state index in [-0.39, 0.29) is 20.1 Å². The Balaban J connectivity index is 0.000000194. The molecular weight excluding hydrogens is 1150 g/mol. The van der Waals surface area contributed by atoms with Crippen molar-refractivity contribution in [3.8, 4) is 34.2 Å². The van der Waals surface area contributed by atoms with Crippen LogP contribution in [0.5, 0.6) is 0 Å². The smallest absolute Gasteiger partial charge is 0.120 e. The molecule has 9 heteroatoms. The van der Waals surface area contributed by atoms with Crippen LogP contribution in [0.2, 0.25) is 0 Å². The van der Waals surface area contributed by atoms with Gasteiger partial charge in [-0.05, 0) is 105 Å². The van der Waals surface area contributed by atoms with Gasteiger partial charge in [0.15, 0.2) is 0 Å². The first-order valence-electron chi connectivity index (χ1n) is 27.5. The van der Waals surface area contributed by atoms with Crippen LogP contribution in [-0.2, 0) is 20.1 Å². The van der Waals surface area contributed by atoms with Crippen molar-refractivity contribution in [2.45, 2.75) is 119 Å². The van der Waals surface area contributed by atoms with Crippen LogP contribution >= 0.6 is 0 Å². The van der Waals surface area contributed by atoms with Gasteiger partial charge in [-0.15, -0.1) is 36.4 Å². The number of hydrogen-bond acceptors (Lipinski definition) is 6. The van der Waals surface area contributed by atoms with Gasteiger partial charge in [-0.1, -0.05) is 190 Å². The van der Waals surface area contributed by atoms with E-state index < -0.39 is 0 Å². The van der Waals surface area contributed by atoms with Gasteiger partial charge in [0, 0.05) is 56.5 Å². The van der Waals surface area contributed by atoms with Gasteiger partial charge in [-0.3, -0.25) is 9.97 Å². The largest absolute Gasteiger partial charge is 0.501 e. The van der Waals surface area contributed by atoms with Crippen LogP contribution in [-0.4, -0.2) is 43.5 Å². The molecule has 1 radical (unpaired) electrons. The fraction of sp³-hybridized carbons (Fsp3) is 0.286. The Labute approximate surface area is 479 Å². The van der Waals surface area contributed by atoms with Crippen LogP contribution in [0.15, 0.2) is 154 Å². The zero-order chi connectivity index (χ0) is 55.7. The Hall–Kier alpha value is -7.13. The van der Waals surface area contributed by atoms with E-state index in [0.717, 1.165) is 103 Å². The van der Waals surface area contributed by atoms with E-state index in [9.17, 15) is 0 Å². The average molecular weight is 1230 g/mol. The summed E-state index contributed by atoms with van der Waals surface area (Å²) < 4.78 is 17.6. The molecule has 0 spiro atoms. The number of furan rings is 2. The average Bonchev–Trinajstić information content (AvgIpc) is 4.13. The van der Waals surface area contributed by atoms with E-state index in [4.69, 9.17) is 29.0 Å². The third kappa shape index (κ3) is 10.7. The molecule has 0 bridgehead atoms. The van der Waals surface area contributed by atoms with Gasteiger partial charge in [-0.2, -0.15) is 0 Å². The van der Waals surface area contributed by atoms with Gasteiger partial charge in [-0.25, -0.2) is 0 Å². The fourth-order valence-corrected chi connectivity index (χ4v) is 10.9. The molecule has 0 saturated carbocycles. The van der Waals surface area contributed by atoms with Crippen molar-refractivity contribution in [1.29, 1.82) is 0 Å². The number of para-hydroxylation sites is 6. The standard InChI is InChI=1S/2C34H33N2O.2CH4O.Ir/c2*1-20(2)23-18-27(21(3)4)32(28(19-23)22(5)6)36-30-16-9-8-15-29(30)35-34(36)26-14-11-13-25-24-12-7-10-17-31(24)37-33(25)26;2*1-2;/h2*7-13,15-22H,1-6H3;2*2H,1H3;/q2*-1;;;. The minimum atomic E-state index is 0. The van der Waals surface area contributed by atoms with Crippen LogP contribution in [0.4, 0.5) is 0 Å². The molecule has 0 saturated heterocycles. The molecule has 4 aromatic heterocycles. The van der Waals surface area contributed by atoms with Crippen molar-refractivity contribution in [2.75, 3.05) is 14.2 Å². The second-order valence-electron chi connectivity index (χ2n) is 21.9. The summed E-state index contributed by atoms with van der Waals surface area (Å²) in [5.74, 6) is 4.06. The van der Waals surface area contributed by atoms with Gasteiger partial charge < -0.3 is 28.2 Å². The number of rotatable bonds is 10. The molecule has 0 fully saturated rings. The molecule has 0 amide bonds. The molecule has 8 nitrogen and oxygen atoms in total. The van der Waals surface area contributed by atoms with E-state index >= 15 is 0 Å². The maximum absolute atomic E-state index is 7.00. The Morgan fingerprint density at radius 3 is 1.04 bits per heavy atom. The number of nitrogens with zero attached hydrogens (tertiary/aromatic N) is 4. The molecule has 0 atom stereocenters. The quantitative estimate of drug-likeness (QED) is 0.132. The Bertz CT molecular complexity index is 3750. The summed E-state index contributed by atoms with van der Waals surface area (Å²) in [4.78, 5) is 10.4. The molecule has 8 aromatic carbocycles. The van der Waals surface area contributed by atoms with E-state index in [0.29, 0.717) is 35.5 Å². The number of fused-ring (bicyclic) bond motifs is 8. The van der Waals surface area contributed by atoms with Gasteiger partial charge in [0.05, 0.1) is 44.9 Å². The van der Waals surface area contributed by atoms with Gasteiger partial charge in [0.1, 0.15) is 11.2 Å². The normalized spacial score (nSPS) is 11.6. The van der Waals surface area contributed by atoms with Gasteiger partial charge >= 0.3 is 0 Å². The van der Waals surface area contributed by atoms with E-state index in [2.05, 4.69) is 214 Å². The molecule has 12 aromatic rings. The summed E-state index contributed by atoms with van der Waals surface area (Å²) >= 11 is 0. The summed E-state index contributed by atoms with van der Waals surface area (Å²) in [5.41, 5.74) is 19.9. The van der Waals surface area contributed by atoms with Crippen molar-refractivity contribution < 1.29 is 39.2 Å². The summed E-state index contributed by atoms with van der Waals surface area (Å²) in [6.45, 7) is 27.4. The molecule has 4 heterocycles. The topological polar surface area (TPSA) is 102 Å². The predicted molar refractivity (Wildman–Crippen MR) is 326 cm³/mol. The van der Waals surface area contributed by atoms with Crippen LogP contribution in [0.25, 0.3) is 100 Å². The minimum Gasteiger partial charge on any atom is -0.501 e. The summed E-state index contributed by atoms with van der Waals surface area (Å²) in [6.07, 6.45) is 0.